The number of hydrogen-bond donors (Lipinski definition) is 0. The fourth-order valence-electron chi connectivity index (χ4n) is 2.92. The van der Waals surface area contributed by atoms with Crippen molar-refractivity contribution in [3.05, 3.63) is 0 Å². The highest BCUT2D eigenvalue weighted by molar-refractivity contribution is 4.82. The first kappa shape index (κ1) is 37.2. The molecule has 0 bridgehead atoms. The van der Waals surface area contributed by atoms with Gasteiger partial charge in [-0.2, -0.15) is 0 Å². The molecule has 10 nitrogen and oxygen atoms in total. The lowest BCUT2D eigenvalue weighted by Gasteiger charge is -2.09. The van der Waals surface area contributed by atoms with Gasteiger partial charge in [0.1, 0.15) is 6.61 Å². The monoisotopic (exact) mass is 550 g/mol. The zero-order valence-corrected chi connectivity index (χ0v) is 23.8. The predicted molar refractivity (Wildman–Crippen MR) is 146 cm³/mol. The quantitative estimate of drug-likeness (QED) is 0.0880. The van der Waals surface area contributed by atoms with E-state index >= 15 is 0 Å². The molecular weight excluding hydrogens is 496 g/mol. The summed E-state index contributed by atoms with van der Waals surface area (Å²) in [6.45, 7) is 13.1. The van der Waals surface area contributed by atoms with Crippen molar-refractivity contribution in [3.63, 3.8) is 0 Å². The van der Waals surface area contributed by atoms with E-state index < -0.39 is 0 Å². The van der Waals surface area contributed by atoms with Crippen molar-refractivity contribution >= 4 is 0 Å². The summed E-state index contributed by atoms with van der Waals surface area (Å²) in [5.74, 6) is 2.40. The molecule has 0 aromatic carbocycles. The number of ether oxygens (including phenoxy) is 10. The zero-order valence-electron chi connectivity index (χ0n) is 23.8. The van der Waals surface area contributed by atoms with E-state index in [1.807, 2.05) is 0 Å². The molecule has 10 heteroatoms. The third kappa shape index (κ3) is 35.2. The number of hydrogen-bond acceptors (Lipinski definition) is 10. The summed E-state index contributed by atoms with van der Waals surface area (Å²) in [7, 11) is 0. The van der Waals surface area contributed by atoms with E-state index in [4.69, 9.17) is 53.8 Å². The van der Waals surface area contributed by atoms with Crippen molar-refractivity contribution in [2.45, 2.75) is 39.0 Å². The Morgan fingerprint density at radius 2 is 0.605 bits per heavy atom. The Morgan fingerprint density at radius 3 is 0.895 bits per heavy atom. The fraction of sp³-hybridized carbons (Fsp3) is 0.929. The summed E-state index contributed by atoms with van der Waals surface area (Å²) in [5.41, 5.74) is 0. The topological polar surface area (TPSA) is 92.3 Å². The standard InChI is InChI=1S/C28H54O10/c1-3-5-6-7-8-10-30-12-14-32-16-18-34-20-22-36-24-26-38-28-27-37-25-23-35-21-19-33-17-15-31-13-11-29-9-4-2/h2H,3,5-28H2,1H3. The number of unbranched alkanes of at least 4 members (excludes halogenated alkanes) is 4. The van der Waals surface area contributed by atoms with Crippen LogP contribution in [0, 0.1) is 12.3 Å². The zero-order chi connectivity index (χ0) is 27.5. The molecule has 0 fully saturated rings. The van der Waals surface area contributed by atoms with Crippen molar-refractivity contribution in [1.29, 1.82) is 0 Å². The van der Waals surface area contributed by atoms with Crippen LogP contribution in [-0.4, -0.2) is 132 Å². The van der Waals surface area contributed by atoms with Gasteiger partial charge in [-0.3, -0.25) is 0 Å². The van der Waals surface area contributed by atoms with Crippen LogP contribution in [0.4, 0.5) is 0 Å². The molecule has 38 heavy (non-hydrogen) atoms. The van der Waals surface area contributed by atoms with Crippen LogP contribution < -0.4 is 0 Å². The Balaban J connectivity index is 3.01. The normalized spacial score (nSPS) is 11.3. The van der Waals surface area contributed by atoms with E-state index in [9.17, 15) is 0 Å². The van der Waals surface area contributed by atoms with Crippen LogP contribution in [0.3, 0.4) is 0 Å². The van der Waals surface area contributed by atoms with Gasteiger partial charge in [0.05, 0.1) is 119 Å². The van der Waals surface area contributed by atoms with Gasteiger partial charge in [-0.1, -0.05) is 38.5 Å². The third-order valence-corrected chi connectivity index (χ3v) is 4.93. The molecule has 0 spiro atoms. The van der Waals surface area contributed by atoms with Gasteiger partial charge in [0, 0.05) is 6.61 Å². The summed E-state index contributed by atoms with van der Waals surface area (Å²) in [5, 5.41) is 0. The predicted octanol–water partition coefficient (Wildman–Crippen LogP) is 2.76. The number of terminal acetylenes is 1. The SMILES string of the molecule is C#CCOCCOCCOCCOCCOCCOCCOCCOCCOCCOCCCCCCC. The minimum Gasteiger partial charge on any atom is -0.379 e. The lowest BCUT2D eigenvalue weighted by molar-refractivity contribution is -0.0261. The molecule has 0 aliphatic rings. The van der Waals surface area contributed by atoms with E-state index in [-0.39, 0.29) is 0 Å². The first-order valence-electron chi connectivity index (χ1n) is 14.1. The molecule has 0 heterocycles. The van der Waals surface area contributed by atoms with Gasteiger partial charge in [-0.05, 0) is 6.42 Å². The lowest BCUT2D eigenvalue weighted by atomic mass is 10.2. The van der Waals surface area contributed by atoms with Crippen LogP contribution in [0.2, 0.25) is 0 Å². The second-order valence-corrected chi connectivity index (χ2v) is 8.18. The highest BCUT2D eigenvalue weighted by Crippen LogP contribution is 2.02. The van der Waals surface area contributed by atoms with Crippen molar-refractivity contribution in [2.24, 2.45) is 0 Å². The maximum Gasteiger partial charge on any atom is 0.107 e. The van der Waals surface area contributed by atoms with E-state index in [0.717, 1.165) is 13.0 Å². The van der Waals surface area contributed by atoms with Gasteiger partial charge in [-0.25, -0.2) is 0 Å². The van der Waals surface area contributed by atoms with Crippen LogP contribution in [0.15, 0.2) is 0 Å². The van der Waals surface area contributed by atoms with Crippen LogP contribution in [0.25, 0.3) is 0 Å². The van der Waals surface area contributed by atoms with Crippen molar-refractivity contribution in [1.82, 2.24) is 0 Å². The summed E-state index contributed by atoms with van der Waals surface area (Å²) >= 11 is 0. The molecule has 226 valence electrons. The molecule has 0 aliphatic carbocycles. The Labute approximate surface area is 231 Å². The first-order valence-corrected chi connectivity index (χ1v) is 14.1. The first-order chi connectivity index (χ1) is 18.9. The van der Waals surface area contributed by atoms with E-state index in [1.165, 1.54) is 25.7 Å². The Kier molecular flexibility index (Phi) is 35.4. The fourth-order valence-corrected chi connectivity index (χ4v) is 2.92. The van der Waals surface area contributed by atoms with Gasteiger partial charge in [-0.15, -0.1) is 6.42 Å². The maximum atomic E-state index is 5.55. The van der Waals surface area contributed by atoms with Crippen LogP contribution in [0.1, 0.15) is 39.0 Å². The molecule has 0 amide bonds. The van der Waals surface area contributed by atoms with Gasteiger partial charge >= 0.3 is 0 Å². The molecule has 0 rings (SSSR count). The molecular formula is C28H54O10. The van der Waals surface area contributed by atoms with Gasteiger partial charge in [0.15, 0.2) is 0 Å². The Hall–Kier alpha value is -0.840. The summed E-state index contributed by atoms with van der Waals surface area (Å²) in [4.78, 5) is 0. The lowest BCUT2D eigenvalue weighted by Crippen LogP contribution is -2.15. The minimum atomic E-state index is 0.313. The Bertz CT molecular complexity index is 461. The molecule has 0 saturated heterocycles. The summed E-state index contributed by atoms with van der Waals surface area (Å²) in [6, 6.07) is 0. The second kappa shape index (κ2) is 36.2. The average Bonchev–Trinajstić information content (AvgIpc) is 2.93. The molecule has 0 atom stereocenters. The molecule has 0 aliphatic heterocycles. The summed E-state index contributed by atoms with van der Waals surface area (Å²) < 4.78 is 54.2. The van der Waals surface area contributed by atoms with Gasteiger partial charge in [0.25, 0.3) is 0 Å². The molecule has 0 N–H and O–H groups in total. The molecule has 0 saturated carbocycles. The second-order valence-electron chi connectivity index (χ2n) is 8.18. The number of rotatable bonds is 34. The van der Waals surface area contributed by atoms with E-state index in [1.54, 1.807) is 0 Å². The smallest absolute Gasteiger partial charge is 0.107 e. The largest absolute Gasteiger partial charge is 0.379 e. The van der Waals surface area contributed by atoms with Crippen LogP contribution >= 0.6 is 0 Å². The minimum absolute atomic E-state index is 0.313. The van der Waals surface area contributed by atoms with Crippen LogP contribution in [-0.2, 0) is 47.4 Å². The highest BCUT2D eigenvalue weighted by Gasteiger charge is 1.96. The molecule has 0 aromatic heterocycles. The van der Waals surface area contributed by atoms with Crippen LogP contribution in [0.5, 0.6) is 0 Å². The molecule has 0 aromatic rings. The summed E-state index contributed by atoms with van der Waals surface area (Å²) in [6.07, 6.45) is 11.4. The van der Waals surface area contributed by atoms with Crippen molar-refractivity contribution in [2.75, 3.05) is 132 Å². The van der Waals surface area contributed by atoms with E-state index in [2.05, 4.69) is 12.8 Å². The highest BCUT2D eigenvalue weighted by atomic mass is 16.6. The Morgan fingerprint density at radius 1 is 0.342 bits per heavy atom. The van der Waals surface area contributed by atoms with E-state index in [0.29, 0.717) is 126 Å². The van der Waals surface area contributed by atoms with Crippen molar-refractivity contribution < 1.29 is 47.4 Å². The van der Waals surface area contributed by atoms with Gasteiger partial charge in [0.2, 0.25) is 0 Å². The van der Waals surface area contributed by atoms with Crippen molar-refractivity contribution in [3.8, 4) is 12.3 Å². The average molecular weight is 551 g/mol. The maximum absolute atomic E-state index is 5.55. The van der Waals surface area contributed by atoms with Gasteiger partial charge < -0.3 is 47.4 Å². The third-order valence-electron chi connectivity index (χ3n) is 4.93. The molecule has 0 unspecified atom stereocenters. The molecule has 0 radical (unpaired) electrons.